The third-order valence-electron chi connectivity index (χ3n) is 6.62. The summed E-state index contributed by atoms with van der Waals surface area (Å²) < 4.78 is 43.5. The number of rotatable bonds is 2. The molecule has 2 saturated heterocycles. The van der Waals surface area contributed by atoms with Crippen LogP contribution in [0.2, 0.25) is 0 Å². The van der Waals surface area contributed by atoms with Gasteiger partial charge in [0.15, 0.2) is 6.04 Å². The second-order valence-corrected chi connectivity index (χ2v) is 9.39. The predicted octanol–water partition coefficient (Wildman–Crippen LogP) is 4.23. The summed E-state index contributed by atoms with van der Waals surface area (Å²) in [5.41, 5.74) is 0.949. The lowest BCUT2D eigenvalue weighted by molar-refractivity contribution is -0.173. The summed E-state index contributed by atoms with van der Waals surface area (Å²) in [5, 5.41) is 7.17. The van der Waals surface area contributed by atoms with E-state index >= 15 is 0 Å². The maximum atomic E-state index is 13.9. The smallest absolute Gasteiger partial charge is 0.363 e. The number of carbonyl (C=O) groups is 1. The fraction of sp³-hybridized carbons (Fsp3) is 0.524. The van der Waals surface area contributed by atoms with Crippen molar-refractivity contribution in [2.45, 2.75) is 43.6 Å². The van der Waals surface area contributed by atoms with Crippen LogP contribution in [0, 0.1) is 0 Å². The van der Waals surface area contributed by atoms with E-state index in [9.17, 15) is 18.0 Å². The number of hydrogen-bond acceptors (Lipinski definition) is 4. The third kappa shape index (κ3) is 3.84. The summed E-state index contributed by atoms with van der Waals surface area (Å²) in [6.45, 7) is 3.06. The molecule has 4 heterocycles. The molecule has 10 heteroatoms. The van der Waals surface area contributed by atoms with E-state index in [-0.39, 0.29) is 23.7 Å². The Morgan fingerprint density at radius 3 is 2.68 bits per heavy atom. The van der Waals surface area contributed by atoms with Gasteiger partial charge in [-0.1, -0.05) is 28.1 Å². The summed E-state index contributed by atoms with van der Waals surface area (Å²) in [6, 6.07) is 5.18. The standard InChI is InChI=1S/C21H23BrF3N5O/c22-14-5-3-13(4-6-14)17-10-18(21(23,24)25)30-19(27-17)16(11-26-30)20(31)29-9-8-28-7-1-2-15(28)12-29/h3-6,11,15,17-18,27H,1-2,7-10,12H2/t15-,17-,18-/m0/s1. The van der Waals surface area contributed by atoms with Gasteiger partial charge in [0.1, 0.15) is 11.4 Å². The molecule has 0 radical (unpaired) electrons. The minimum Gasteiger partial charge on any atom is -0.363 e. The number of nitrogens with one attached hydrogen (secondary N) is 1. The van der Waals surface area contributed by atoms with Gasteiger partial charge >= 0.3 is 6.18 Å². The quantitative estimate of drug-likeness (QED) is 0.674. The first-order valence-electron chi connectivity index (χ1n) is 10.5. The van der Waals surface area contributed by atoms with E-state index < -0.39 is 18.3 Å². The van der Waals surface area contributed by atoms with E-state index in [2.05, 4.69) is 31.2 Å². The van der Waals surface area contributed by atoms with Crippen molar-refractivity contribution in [2.75, 3.05) is 31.5 Å². The molecular weight excluding hydrogens is 475 g/mol. The maximum Gasteiger partial charge on any atom is 0.410 e. The third-order valence-corrected chi connectivity index (χ3v) is 7.14. The molecular formula is C21H23BrF3N5O. The van der Waals surface area contributed by atoms with Crippen LogP contribution in [0.15, 0.2) is 34.9 Å². The zero-order valence-corrected chi connectivity index (χ0v) is 18.4. The van der Waals surface area contributed by atoms with Gasteiger partial charge in [0.05, 0.1) is 12.2 Å². The molecule has 0 unspecified atom stereocenters. The van der Waals surface area contributed by atoms with E-state index in [1.807, 2.05) is 0 Å². The molecule has 31 heavy (non-hydrogen) atoms. The number of halogens is 4. The highest BCUT2D eigenvalue weighted by Crippen LogP contribution is 2.44. The van der Waals surface area contributed by atoms with Crippen LogP contribution in [0.1, 0.15) is 47.3 Å². The van der Waals surface area contributed by atoms with Gasteiger partial charge in [0, 0.05) is 36.6 Å². The normalized spacial score (nSPS) is 26.3. The molecule has 6 nitrogen and oxygen atoms in total. The largest absolute Gasteiger partial charge is 0.410 e. The Bertz CT molecular complexity index is 976. The highest BCUT2D eigenvalue weighted by atomic mass is 79.9. The van der Waals surface area contributed by atoms with Crippen LogP contribution in [0.3, 0.4) is 0 Å². The molecule has 3 aliphatic heterocycles. The lowest BCUT2D eigenvalue weighted by atomic mass is 9.96. The van der Waals surface area contributed by atoms with Crippen molar-refractivity contribution < 1.29 is 18.0 Å². The molecule has 3 atom stereocenters. The second kappa shape index (κ2) is 7.81. The number of alkyl halides is 3. The van der Waals surface area contributed by atoms with Gasteiger partial charge in [-0.15, -0.1) is 0 Å². The van der Waals surface area contributed by atoms with Crippen molar-refractivity contribution in [3.8, 4) is 0 Å². The molecule has 0 spiro atoms. The molecule has 1 amide bonds. The number of fused-ring (bicyclic) bond motifs is 2. The molecule has 0 aliphatic carbocycles. The SMILES string of the molecule is O=C(c1cnn2c1N[C@H](c1ccc(Br)cc1)C[C@H]2C(F)(F)F)N1CCN2CCC[C@H]2C1. The van der Waals surface area contributed by atoms with Gasteiger partial charge in [-0.25, -0.2) is 4.68 Å². The Balaban J connectivity index is 1.46. The van der Waals surface area contributed by atoms with Crippen molar-refractivity contribution in [3.63, 3.8) is 0 Å². The van der Waals surface area contributed by atoms with E-state index in [0.29, 0.717) is 19.1 Å². The average molecular weight is 498 g/mol. The zero-order valence-electron chi connectivity index (χ0n) is 16.8. The number of nitrogens with zero attached hydrogens (tertiary/aromatic N) is 4. The van der Waals surface area contributed by atoms with Crippen LogP contribution >= 0.6 is 15.9 Å². The zero-order chi connectivity index (χ0) is 21.8. The monoisotopic (exact) mass is 497 g/mol. The molecule has 1 aromatic heterocycles. The minimum atomic E-state index is -4.47. The fourth-order valence-electron chi connectivity index (χ4n) is 4.98. The van der Waals surface area contributed by atoms with E-state index in [4.69, 9.17) is 0 Å². The van der Waals surface area contributed by atoms with Gasteiger partial charge in [-0.3, -0.25) is 9.69 Å². The summed E-state index contributed by atoms with van der Waals surface area (Å²) in [7, 11) is 0. The summed E-state index contributed by atoms with van der Waals surface area (Å²) in [5.74, 6) is -0.0991. The Morgan fingerprint density at radius 1 is 1.16 bits per heavy atom. The van der Waals surface area contributed by atoms with Crippen LogP contribution in [-0.4, -0.2) is 63.9 Å². The first kappa shape index (κ1) is 20.8. The van der Waals surface area contributed by atoms with Crippen LogP contribution in [0.25, 0.3) is 0 Å². The highest BCUT2D eigenvalue weighted by molar-refractivity contribution is 9.10. The molecule has 5 rings (SSSR count). The van der Waals surface area contributed by atoms with Crippen molar-refractivity contribution >= 4 is 27.7 Å². The minimum absolute atomic E-state index is 0.153. The van der Waals surface area contributed by atoms with Crippen molar-refractivity contribution in [1.29, 1.82) is 0 Å². The number of hydrogen-bond donors (Lipinski definition) is 1. The molecule has 0 saturated carbocycles. The predicted molar refractivity (Wildman–Crippen MR) is 113 cm³/mol. The van der Waals surface area contributed by atoms with E-state index in [1.165, 1.54) is 6.20 Å². The van der Waals surface area contributed by atoms with Crippen LogP contribution < -0.4 is 5.32 Å². The molecule has 2 aromatic rings. The van der Waals surface area contributed by atoms with Gasteiger partial charge in [0.25, 0.3) is 5.91 Å². The topological polar surface area (TPSA) is 53.4 Å². The van der Waals surface area contributed by atoms with E-state index in [1.54, 1.807) is 29.2 Å². The van der Waals surface area contributed by atoms with Gasteiger partial charge in [-0.2, -0.15) is 18.3 Å². The molecule has 0 bridgehead atoms. The molecule has 166 valence electrons. The molecule has 2 fully saturated rings. The highest BCUT2D eigenvalue weighted by Gasteiger charge is 2.47. The van der Waals surface area contributed by atoms with Crippen molar-refractivity contribution in [3.05, 3.63) is 46.1 Å². The lowest BCUT2D eigenvalue weighted by Crippen LogP contribution is -2.52. The Labute approximate surface area is 186 Å². The Morgan fingerprint density at radius 2 is 1.94 bits per heavy atom. The number of benzene rings is 1. The number of amides is 1. The first-order chi connectivity index (χ1) is 14.8. The Kier molecular flexibility index (Phi) is 5.24. The maximum absolute atomic E-state index is 13.9. The summed E-state index contributed by atoms with van der Waals surface area (Å²) in [6.07, 6.45) is -1.19. The van der Waals surface area contributed by atoms with Crippen LogP contribution in [0.4, 0.5) is 19.0 Å². The van der Waals surface area contributed by atoms with Crippen molar-refractivity contribution in [1.82, 2.24) is 19.6 Å². The lowest BCUT2D eigenvalue weighted by Gasteiger charge is -2.38. The number of anilines is 1. The number of aromatic nitrogens is 2. The fourth-order valence-corrected chi connectivity index (χ4v) is 5.24. The first-order valence-corrected chi connectivity index (χ1v) is 11.3. The second-order valence-electron chi connectivity index (χ2n) is 8.48. The molecule has 1 N–H and O–H groups in total. The number of piperazine rings is 1. The summed E-state index contributed by atoms with van der Waals surface area (Å²) in [4.78, 5) is 17.4. The van der Waals surface area contributed by atoms with Crippen molar-refractivity contribution in [2.24, 2.45) is 0 Å². The Hall–Kier alpha value is -2.07. The molecule has 1 aromatic carbocycles. The average Bonchev–Trinajstić information content (AvgIpc) is 3.38. The van der Waals surface area contributed by atoms with E-state index in [0.717, 1.165) is 40.6 Å². The van der Waals surface area contributed by atoms with Gasteiger partial charge in [-0.05, 0) is 37.1 Å². The summed E-state index contributed by atoms with van der Waals surface area (Å²) >= 11 is 3.36. The van der Waals surface area contributed by atoms with Crippen LogP contribution in [0.5, 0.6) is 0 Å². The van der Waals surface area contributed by atoms with Crippen LogP contribution in [-0.2, 0) is 0 Å². The van der Waals surface area contributed by atoms with Gasteiger partial charge < -0.3 is 10.2 Å². The molecule has 3 aliphatic rings. The van der Waals surface area contributed by atoms with Gasteiger partial charge in [0.2, 0.25) is 0 Å². The number of carbonyl (C=O) groups excluding carboxylic acids is 1.